The second kappa shape index (κ2) is 6.82. The van der Waals surface area contributed by atoms with Gasteiger partial charge in [-0.3, -0.25) is 14.7 Å². The number of nitrogens with two attached hydrogens (primary N) is 1. The predicted molar refractivity (Wildman–Crippen MR) is 78.7 cm³/mol. The van der Waals surface area contributed by atoms with Crippen LogP contribution in [-0.4, -0.2) is 22.3 Å². The molecule has 20 heavy (non-hydrogen) atoms. The van der Waals surface area contributed by atoms with Crippen molar-refractivity contribution < 1.29 is 4.79 Å². The first kappa shape index (κ1) is 14.2. The standard InChI is InChI=1S/C16H19N3O/c1-13(15-9-5-6-10-18-15)19(12-16(17)20)11-14-7-3-2-4-8-14/h2-10,13H,11-12H2,1H3,(H2,17,20)/t13-/m0/s1. The van der Waals surface area contributed by atoms with Crippen LogP contribution in [0.2, 0.25) is 0 Å². The summed E-state index contributed by atoms with van der Waals surface area (Å²) < 4.78 is 0. The van der Waals surface area contributed by atoms with Crippen LogP contribution in [0, 0.1) is 0 Å². The second-order valence-electron chi connectivity index (χ2n) is 4.79. The average molecular weight is 269 g/mol. The van der Waals surface area contributed by atoms with E-state index < -0.39 is 0 Å². The lowest BCUT2D eigenvalue weighted by Gasteiger charge is -2.27. The summed E-state index contributed by atoms with van der Waals surface area (Å²) >= 11 is 0. The molecule has 1 aromatic carbocycles. The van der Waals surface area contributed by atoms with Crippen LogP contribution in [0.1, 0.15) is 24.2 Å². The van der Waals surface area contributed by atoms with Crippen molar-refractivity contribution in [2.45, 2.75) is 19.5 Å². The van der Waals surface area contributed by atoms with Gasteiger partial charge in [-0.05, 0) is 24.6 Å². The van der Waals surface area contributed by atoms with Gasteiger partial charge in [-0.15, -0.1) is 0 Å². The van der Waals surface area contributed by atoms with Crippen molar-refractivity contribution in [1.29, 1.82) is 0 Å². The van der Waals surface area contributed by atoms with Gasteiger partial charge in [-0.2, -0.15) is 0 Å². The van der Waals surface area contributed by atoms with Crippen LogP contribution < -0.4 is 5.73 Å². The monoisotopic (exact) mass is 269 g/mol. The quantitative estimate of drug-likeness (QED) is 0.874. The Bertz CT molecular complexity index is 542. The molecule has 0 radical (unpaired) electrons. The molecule has 0 aliphatic rings. The number of pyridine rings is 1. The first-order valence-corrected chi connectivity index (χ1v) is 6.64. The molecule has 1 heterocycles. The molecule has 0 fully saturated rings. The van der Waals surface area contributed by atoms with E-state index in [1.165, 1.54) is 0 Å². The summed E-state index contributed by atoms with van der Waals surface area (Å²) in [5, 5.41) is 0. The van der Waals surface area contributed by atoms with Crippen molar-refractivity contribution in [3.8, 4) is 0 Å². The third-order valence-electron chi connectivity index (χ3n) is 3.25. The predicted octanol–water partition coefficient (Wildman–Crippen LogP) is 2.13. The number of amides is 1. The van der Waals surface area contributed by atoms with E-state index in [9.17, 15) is 4.79 Å². The van der Waals surface area contributed by atoms with Gasteiger partial charge in [-0.1, -0.05) is 36.4 Å². The van der Waals surface area contributed by atoms with Gasteiger partial charge in [0.2, 0.25) is 5.91 Å². The maximum atomic E-state index is 11.3. The topological polar surface area (TPSA) is 59.2 Å². The Morgan fingerprint density at radius 1 is 1.20 bits per heavy atom. The highest BCUT2D eigenvalue weighted by Crippen LogP contribution is 2.20. The van der Waals surface area contributed by atoms with Crippen LogP contribution in [0.3, 0.4) is 0 Å². The van der Waals surface area contributed by atoms with Crippen molar-refractivity contribution in [2.75, 3.05) is 6.54 Å². The van der Waals surface area contributed by atoms with Crippen molar-refractivity contribution >= 4 is 5.91 Å². The number of carbonyl (C=O) groups excluding carboxylic acids is 1. The minimum Gasteiger partial charge on any atom is -0.369 e. The minimum absolute atomic E-state index is 0.0314. The van der Waals surface area contributed by atoms with Crippen molar-refractivity contribution in [3.63, 3.8) is 0 Å². The molecule has 0 aliphatic heterocycles. The zero-order valence-electron chi connectivity index (χ0n) is 11.6. The van der Waals surface area contributed by atoms with Gasteiger partial charge < -0.3 is 5.73 Å². The fraction of sp³-hybridized carbons (Fsp3) is 0.250. The van der Waals surface area contributed by atoms with E-state index in [0.29, 0.717) is 6.54 Å². The largest absolute Gasteiger partial charge is 0.369 e. The van der Waals surface area contributed by atoms with Gasteiger partial charge in [0.15, 0.2) is 0 Å². The number of carbonyl (C=O) groups is 1. The number of hydrogen-bond donors (Lipinski definition) is 1. The number of aromatic nitrogens is 1. The molecule has 0 saturated heterocycles. The maximum Gasteiger partial charge on any atom is 0.231 e. The normalized spacial score (nSPS) is 12.3. The van der Waals surface area contributed by atoms with Crippen LogP contribution in [0.4, 0.5) is 0 Å². The minimum atomic E-state index is -0.330. The lowest BCUT2D eigenvalue weighted by molar-refractivity contribution is -0.119. The van der Waals surface area contributed by atoms with Gasteiger partial charge in [0, 0.05) is 12.7 Å². The molecule has 2 aromatic rings. The summed E-state index contributed by atoms with van der Waals surface area (Å²) in [7, 11) is 0. The van der Waals surface area contributed by atoms with Crippen LogP contribution in [0.25, 0.3) is 0 Å². The van der Waals surface area contributed by atoms with E-state index in [-0.39, 0.29) is 18.5 Å². The number of primary amides is 1. The van der Waals surface area contributed by atoms with Crippen LogP contribution in [-0.2, 0) is 11.3 Å². The lowest BCUT2D eigenvalue weighted by Crippen LogP contribution is -2.35. The summed E-state index contributed by atoms with van der Waals surface area (Å²) in [5.41, 5.74) is 7.45. The Morgan fingerprint density at radius 3 is 2.50 bits per heavy atom. The zero-order chi connectivity index (χ0) is 14.4. The summed E-state index contributed by atoms with van der Waals surface area (Å²) in [4.78, 5) is 17.7. The first-order chi connectivity index (χ1) is 9.66. The van der Waals surface area contributed by atoms with Crippen molar-refractivity contribution in [2.24, 2.45) is 5.73 Å². The van der Waals surface area contributed by atoms with E-state index >= 15 is 0 Å². The molecule has 1 amide bonds. The summed E-state index contributed by atoms with van der Waals surface area (Å²) in [6.07, 6.45) is 1.76. The van der Waals surface area contributed by atoms with Crippen LogP contribution >= 0.6 is 0 Å². The highest BCUT2D eigenvalue weighted by molar-refractivity contribution is 5.76. The highest BCUT2D eigenvalue weighted by atomic mass is 16.1. The molecule has 0 spiro atoms. The van der Waals surface area contributed by atoms with Gasteiger partial charge >= 0.3 is 0 Å². The van der Waals surface area contributed by atoms with Crippen LogP contribution in [0.15, 0.2) is 54.7 Å². The SMILES string of the molecule is C[C@@H](c1ccccn1)N(CC(N)=O)Cc1ccccc1. The van der Waals surface area contributed by atoms with Crippen molar-refractivity contribution in [1.82, 2.24) is 9.88 Å². The molecule has 104 valence electrons. The Morgan fingerprint density at radius 2 is 1.90 bits per heavy atom. The Hall–Kier alpha value is -2.20. The van der Waals surface area contributed by atoms with Gasteiger partial charge in [0.05, 0.1) is 18.3 Å². The first-order valence-electron chi connectivity index (χ1n) is 6.64. The molecule has 2 rings (SSSR count). The molecule has 0 saturated carbocycles. The van der Waals surface area contributed by atoms with E-state index in [1.807, 2.05) is 60.4 Å². The molecular weight excluding hydrogens is 250 g/mol. The maximum absolute atomic E-state index is 11.3. The van der Waals surface area contributed by atoms with E-state index in [2.05, 4.69) is 4.98 Å². The summed E-state index contributed by atoms with van der Waals surface area (Å²) in [6.45, 7) is 2.92. The Kier molecular flexibility index (Phi) is 4.85. The molecule has 4 nitrogen and oxygen atoms in total. The van der Waals surface area contributed by atoms with E-state index in [4.69, 9.17) is 5.73 Å². The molecule has 0 aliphatic carbocycles. The molecule has 1 aromatic heterocycles. The molecule has 1 atom stereocenters. The lowest BCUT2D eigenvalue weighted by atomic mass is 10.1. The second-order valence-corrected chi connectivity index (χ2v) is 4.79. The fourth-order valence-corrected chi connectivity index (χ4v) is 2.16. The van der Waals surface area contributed by atoms with Gasteiger partial charge in [0.1, 0.15) is 0 Å². The molecular formula is C16H19N3O. The van der Waals surface area contributed by atoms with E-state index in [1.54, 1.807) is 6.20 Å². The fourth-order valence-electron chi connectivity index (χ4n) is 2.16. The van der Waals surface area contributed by atoms with Crippen molar-refractivity contribution in [3.05, 3.63) is 66.0 Å². The zero-order valence-corrected chi connectivity index (χ0v) is 11.6. The Labute approximate surface area is 119 Å². The number of benzene rings is 1. The third kappa shape index (κ3) is 3.90. The molecule has 0 bridgehead atoms. The summed E-state index contributed by atoms with van der Waals surface area (Å²) in [6, 6.07) is 15.9. The summed E-state index contributed by atoms with van der Waals surface area (Å²) in [5.74, 6) is -0.330. The third-order valence-corrected chi connectivity index (χ3v) is 3.25. The number of rotatable bonds is 6. The molecule has 2 N–H and O–H groups in total. The molecule has 4 heteroatoms. The Balaban J connectivity index is 2.17. The molecule has 0 unspecified atom stereocenters. The number of hydrogen-bond acceptors (Lipinski definition) is 3. The van der Waals surface area contributed by atoms with Crippen LogP contribution in [0.5, 0.6) is 0 Å². The highest BCUT2D eigenvalue weighted by Gasteiger charge is 2.18. The van der Waals surface area contributed by atoms with Gasteiger partial charge in [0.25, 0.3) is 0 Å². The smallest absolute Gasteiger partial charge is 0.231 e. The van der Waals surface area contributed by atoms with E-state index in [0.717, 1.165) is 11.3 Å². The average Bonchev–Trinajstić information content (AvgIpc) is 2.47. The number of nitrogens with zero attached hydrogens (tertiary/aromatic N) is 2. The van der Waals surface area contributed by atoms with Gasteiger partial charge in [-0.25, -0.2) is 0 Å².